The summed E-state index contributed by atoms with van der Waals surface area (Å²) in [6, 6.07) is 4.09. The maximum Gasteiger partial charge on any atom is 0.219 e. The van der Waals surface area contributed by atoms with Gasteiger partial charge in [-0.05, 0) is 19.2 Å². The molecule has 0 bridgehead atoms. The molecule has 0 aliphatic carbocycles. The molecule has 2 unspecified atom stereocenters. The molecule has 3 N–H and O–H groups in total. The van der Waals surface area contributed by atoms with Crippen LogP contribution in [-0.2, 0) is 4.79 Å². The van der Waals surface area contributed by atoms with Crippen molar-refractivity contribution < 1.29 is 4.79 Å². The van der Waals surface area contributed by atoms with Crippen LogP contribution >= 0.6 is 0 Å². The van der Waals surface area contributed by atoms with Crippen molar-refractivity contribution in [1.29, 1.82) is 0 Å². The number of nitrogens with one attached hydrogen (secondary N) is 3. The Hall–Kier alpha value is -2.61. The molecular weight excluding hydrogens is 342 g/mol. The molecular formula is C19H29N7O. The van der Waals surface area contributed by atoms with E-state index >= 15 is 0 Å². The van der Waals surface area contributed by atoms with Gasteiger partial charge in [0.25, 0.3) is 0 Å². The average Bonchev–Trinajstić information content (AvgIpc) is 3.12. The lowest BCUT2D eigenvalue weighted by molar-refractivity contribution is -0.128. The Morgan fingerprint density at radius 3 is 2.70 bits per heavy atom. The van der Waals surface area contributed by atoms with Crippen molar-refractivity contribution >= 4 is 17.8 Å². The lowest BCUT2D eigenvalue weighted by Gasteiger charge is -2.34. The highest BCUT2D eigenvalue weighted by Gasteiger charge is 2.25. The number of hydrogen-bond donors (Lipinski definition) is 3. The summed E-state index contributed by atoms with van der Waals surface area (Å²) >= 11 is 0. The summed E-state index contributed by atoms with van der Waals surface area (Å²) in [4.78, 5) is 18.3. The molecule has 2 atom stereocenters. The molecule has 3 rings (SSSR count). The lowest BCUT2D eigenvalue weighted by Crippen LogP contribution is -2.46. The van der Waals surface area contributed by atoms with E-state index in [4.69, 9.17) is 0 Å². The van der Waals surface area contributed by atoms with Gasteiger partial charge in [-0.1, -0.05) is 0 Å². The van der Waals surface area contributed by atoms with Crippen LogP contribution in [0.3, 0.4) is 0 Å². The summed E-state index contributed by atoms with van der Waals surface area (Å²) in [5, 5.41) is 16.3. The standard InChI is InChI=1S/C19H29N7O/c1-13(27)26-8-7-18(20-2)16(12-26)19(21-3)24-15-5-6-17(22-10-15)14-9-23-25(4)11-14/h5-6,9-10,14,19-21,24H,7-8,11-12H2,1-4H3. The smallest absolute Gasteiger partial charge is 0.219 e. The second kappa shape index (κ2) is 8.39. The first-order valence-electron chi connectivity index (χ1n) is 9.32. The molecule has 8 nitrogen and oxygen atoms in total. The minimum absolute atomic E-state index is 0.0820. The maximum atomic E-state index is 11.8. The van der Waals surface area contributed by atoms with Gasteiger partial charge in [-0.15, -0.1) is 0 Å². The van der Waals surface area contributed by atoms with Crippen molar-refractivity contribution in [3.8, 4) is 0 Å². The molecule has 1 aromatic heterocycles. The largest absolute Gasteiger partial charge is 0.391 e. The van der Waals surface area contributed by atoms with Crippen molar-refractivity contribution in [2.75, 3.05) is 46.1 Å². The van der Waals surface area contributed by atoms with Crippen LogP contribution in [0.1, 0.15) is 25.0 Å². The SMILES string of the molecule is CNC1=C(C(NC)Nc2ccc(C3C=NN(C)C3)nc2)CN(C(C)=O)CC1. The fourth-order valence-corrected chi connectivity index (χ4v) is 3.56. The van der Waals surface area contributed by atoms with Gasteiger partial charge >= 0.3 is 0 Å². The Morgan fingerprint density at radius 1 is 1.33 bits per heavy atom. The number of pyridine rings is 1. The Bertz CT molecular complexity index is 728. The van der Waals surface area contributed by atoms with Gasteiger partial charge in [-0.2, -0.15) is 5.10 Å². The van der Waals surface area contributed by atoms with E-state index in [-0.39, 0.29) is 18.0 Å². The van der Waals surface area contributed by atoms with Crippen LogP contribution in [0.5, 0.6) is 0 Å². The van der Waals surface area contributed by atoms with E-state index in [0.29, 0.717) is 6.54 Å². The predicted octanol–water partition coefficient (Wildman–Crippen LogP) is 0.780. The lowest BCUT2D eigenvalue weighted by atomic mass is 10.0. The number of likely N-dealkylation sites (N-methyl/N-ethyl adjacent to an activating group) is 2. The third-order valence-electron chi connectivity index (χ3n) is 5.15. The van der Waals surface area contributed by atoms with E-state index < -0.39 is 0 Å². The number of carbonyl (C=O) groups excluding carboxylic acids is 1. The van der Waals surface area contributed by atoms with Crippen LogP contribution < -0.4 is 16.0 Å². The first kappa shape index (κ1) is 19.2. The Labute approximate surface area is 160 Å². The zero-order valence-electron chi connectivity index (χ0n) is 16.5. The van der Waals surface area contributed by atoms with E-state index in [0.717, 1.165) is 36.5 Å². The highest BCUT2D eigenvalue weighted by molar-refractivity contribution is 5.74. The summed E-state index contributed by atoms with van der Waals surface area (Å²) in [6.45, 7) is 3.84. The van der Waals surface area contributed by atoms with Gasteiger partial charge in [0.05, 0.1) is 23.5 Å². The van der Waals surface area contributed by atoms with Gasteiger partial charge < -0.3 is 15.5 Å². The number of nitrogens with zero attached hydrogens (tertiary/aromatic N) is 4. The average molecular weight is 371 g/mol. The normalized spacial score (nSPS) is 20.8. The molecule has 3 heterocycles. The minimum atomic E-state index is -0.0820. The molecule has 0 aromatic carbocycles. The van der Waals surface area contributed by atoms with E-state index in [1.807, 2.05) is 55.6 Å². The number of aromatic nitrogens is 1. The van der Waals surface area contributed by atoms with Crippen LogP contribution in [0.15, 0.2) is 34.7 Å². The first-order chi connectivity index (χ1) is 13.0. The van der Waals surface area contributed by atoms with Crippen molar-refractivity contribution in [1.82, 2.24) is 25.5 Å². The topological polar surface area (TPSA) is 84.9 Å². The monoisotopic (exact) mass is 371 g/mol. The summed E-state index contributed by atoms with van der Waals surface area (Å²) < 4.78 is 0. The second-order valence-corrected chi connectivity index (χ2v) is 6.99. The van der Waals surface area contributed by atoms with Crippen molar-refractivity contribution in [3.05, 3.63) is 35.3 Å². The van der Waals surface area contributed by atoms with E-state index in [2.05, 4.69) is 26.0 Å². The Kier molecular flexibility index (Phi) is 5.95. The van der Waals surface area contributed by atoms with E-state index in [1.54, 1.807) is 6.92 Å². The number of rotatable bonds is 6. The fraction of sp³-hybridized carbons (Fsp3) is 0.526. The number of carbonyl (C=O) groups is 1. The molecule has 0 radical (unpaired) electrons. The molecule has 8 heteroatoms. The van der Waals surface area contributed by atoms with Gasteiger partial charge in [-0.25, -0.2) is 0 Å². The molecule has 0 spiro atoms. The van der Waals surface area contributed by atoms with Crippen LogP contribution in [0.2, 0.25) is 0 Å². The highest BCUT2D eigenvalue weighted by atomic mass is 16.2. The molecule has 146 valence electrons. The fourth-order valence-electron chi connectivity index (χ4n) is 3.56. The number of anilines is 1. The van der Waals surface area contributed by atoms with Gasteiger partial charge in [-0.3, -0.25) is 20.1 Å². The quantitative estimate of drug-likeness (QED) is 0.641. The second-order valence-electron chi connectivity index (χ2n) is 6.99. The predicted molar refractivity (Wildman–Crippen MR) is 108 cm³/mol. The molecule has 2 aliphatic rings. The zero-order chi connectivity index (χ0) is 19.4. The highest BCUT2D eigenvalue weighted by Crippen LogP contribution is 2.22. The molecule has 27 heavy (non-hydrogen) atoms. The third kappa shape index (κ3) is 4.39. The summed E-state index contributed by atoms with van der Waals surface area (Å²) in [7, 11) is 5.81. The van der Waals surface area contributed by atoms with Gasteiger partial charge in [0.15, 0.2) is 0 Å². The number of amides is 1. The van der Waals surface area contributed by atoms with Gasteiger partial charge in [0.2, 0.25) is 5.91 Å². The van der Waals surface area contributed by atoms with E-state index in [1.165, 1.54) is 5.70 Å². The van der Waals surface area contributed by atoms with Gasteiger partial charge in [0.1, 0.15) is 6.17 Å². The molecule has 2 aliphatic heterocycles. The summed E-state index contributed by atoms with van der Waals surface area (Å²) in [6.07, 6.45) is 4.55. The van der Waals surface area contributed by atoms with Crippen molar-refractivity contribution in [2.45, 2.75) is 25.4 Å². The van der Waals surface area contributed by atoms with Crippen molar-refractivity contribution in [3.63, 3.8) is 0 Å². The minimum Gasteiger partial charge on any atom is -0.391 e. The van der Waals surface area contributed by atoms with Crippen LogP contribution in [-0.4, -0.2) is 74.0 Å². The number of hydrogen-bond acceptors (Lipinski definition) is 7. The molecule has 0 saturated heterocycles. The zero-order valence-corrected chi connectivity index (χ0v) is 16.5. The Balaban J connectivity index is 1.73. The summed E-state index contributed by atoms with van der Waals surface area (Å²) in [5.41, 5.74) is 4.28. The Morgan fingerprint density at radius 2 is 2.15 bits per heavy atom. The van der Waals surface area contributed by atoms with Crippen LogP contribution in [0.25, 0.3) is 0 Å². The van der Waals surface area contributed by atoms with Crippen LogP contribution in [0, 0.1) is 0 Å². The van der Waals surface area contributed by atoms with Gasteiger partial charge in [0, 0.05) is 64.6 Å². The number of hydrazone groups is 1. The van der Waals surface area contributed by atoms with Crippen molar-refractivity contribution in [2.24, 2.45) is 5.10 Å². The van der Waals surface area contributed by atoms with E-state index in [9.17, 15) is 4.79 Å². The molecule has 1 amide bonds. The van der Waals surface area contributed by atoms with Crippen LogP contribution in [0.4, 0.5) is 5.69 Å². The molecule has 0 fully saturated rings. The third-order valence-corrected chi connectivity index (χ3v) is 5.15. The molecule has 1 aromatic rings. The first-order valence-corrected chi connectivity index (χ1v) is 9.32. The summed E-state index contributed by atoms with van der Waals surface area (Å²) in [5.74, 6) is 0.344. The molecule has 0 saturated carbocycles. The maximum absolute atomic E-state index is 11.8.